The fourth-order valence-corrected chi connectivity index (χ4v) is 5.27. The van der Waals surface area contributed by atoms with Gasteiger partial charge >= 0.3 is 0 Å². The third-order valence-electron chi connectivity index (χ3n) is 6.02. The van der Waals surface area contributed by atoms with Crippen LogP contribution in [0.4, 0.5) is 5.69 Å². The molecule has 0 fully saturated rings. The number of carbonyl (C=O) groups excluding carboxylic acids is 1. The lowest BCUT2D eigenvalue weighted by Gasteiger charge is -2.26. The van der Waals surface area contributed by atoms with Crippen LogP contribution in [0.1, 0.15) is 49.4 Å². The zero-order valence-electron chi connectivity index (χ0n) is 21.6. The fraction of sp³-hybridized carbons (Fsp3) is 0.321. The van der Waals surface area contributed by atoms with E-state index in [0.29, 0.717) is 23.1 Å². The number of ether oxygens (including phenoxy) is 2. The van der Waals surface area contributed by atoms with Gasteiger partial charge in [-0.25, -0.2) is 8.42 Å². The van der Waals surface area contributed by atoms with Crippen LogP contribution in [-0.2, 0) is 14.8 Å². The second kappa shape index (κ2) is 11.5. The predicted molar refractivity (Wildman–Crippen MR) is 142 cm³/mol. The highest BCUT2D eigenvalue weighted by atomic mass is 32.2. The SMILES string of the molecule is COc1ccc(OC)c([C@H](C)NC(=O)CN(c2ccc(C(C)C)cc2)S(=O)(=O)c2ccc(C)cc2)c1. The van der Waals surface area contributed by atoms with Crippen molar-refractivity contribution < 1.29 is 22.7 Å². The lowest BCUT2D eigenvalue weighted by Crippen LogP contribution is -2.41. The topological polar surface area (TPSA) is 84.9 Å². The van der Waals surface area contributed by atoms with E-state index in [1.165, 1.54) is 0 Å². The van der Waals surface area contributed by atoms with Crippen molar-refractivity contribution in [3.05, 3.63) is 83.4 Å². The van der Waals surface area contributed by atoms with Crippen molar-refractivity contribution in [1.82, 2.24) is 5.32 Å². The number of carbonyl (C=O) groups is 1. The van der Waals surface area contributed by atoms with Crippen LogP contribution in [0.3, 0.4) is 0 Å². The first-order valence-corrected chi connectivity index (χ1v) is 13.2. The van der Waals surface area contributed by atoms with Gasteiger partial charge in [0.15, 0.2) is 0 Å². The molecule has 0 heterocycles. The highest BCUT2D eigenvalue weighted by molar-refractivity contribution is 7.92. The van der Waals surface area contributed by atoms with Crippen LogP contribution in [0.25, 0.3) is 0 Å². The van der Waals surface area contributed by atoms with E-state index in [4.69, 9.17) is 9.47 Å². The molecule has 3 rings (SSSR count). The Labute approximate surface area is 214 Å². The van der Waals surface area contributed by atoms with Crippen LogP contribution in [0.15, 0.2) is 71.6 Å². The Balaban J connectivity index is 1.92. The molecule has 0 aliphatic heterocycles. The molecule has 1 N–H and O–H groups in total. The second-order valence-corrected chi connectivity index (χ2v) is 10.8. The van der Waals surface area contributed by atoms with Gasteiger partial charge in [0.05, 0.1) is 30.8 Å². The van der Waals surface area contributed by atoms with Gasteiger partial charge in [-0.05, 0) is 67.8 Å². The number of hydrogen-bond acceptors (Lipinski definition) is 5. The molecule has 0 radical (unpaired) electrons. The number of benzene rings is 3. The normalized spacial score (nSPS) is 12.2. The molecular weight excluding hydrogens is 476 g/mol. The largest absolute Gasteiger partial charge is 0.497 e. The van der Waals surface area contributed by atoms with E-state index in [2.05, 4.69) is 19.2 Å². The number of anilines is 1. The summed E-state index contributed by atoms with van der Waals surface area (Å²) < 4.78 is 39.2. The number of hydrogen-bond donors (Lipinski definition) is 1. The van der Waals surface area contributed by atoms with Crippen molar-refractivity contribution in [2.75, 3.05) is 25.1 Å². The maximum absolute atomic E-state index is 13.6. The van der Waals surface area contributed by atoms with Gasteiger partial charge in [0, 0.05) is 5.56 Å². The van der Waals surface area contributed by atoms with Crippen LogP contribution in [0.5, 0.6) is 11.5 Å². The number of rotatable bonds is 10. The highest BCUT2D eigenvalue weighted by Crippen LogP contribution is 2.30. The summed E-state index contributed by atoms with van der Waals surface area (Å²) in [4.78, 5) is 13.3. The van der Waals surface area contributed by atoms with E-state index in [9.17, 15) is 13.2 Å². The first-order chi connectivity index (χ1) is 17.1. The van der Waals surface area contributed by atoms with Crippen LogP contribution >= 0.6 is 0 Å². The third-order valence-corrected chi connectivity index (χ3v) is 7.81. The van der Waals surface area contributed by atoms with Crippen molar-refractivity contribution in [2.24, 2.45) is 0 Å². The number of nitrogens with zero attached hydrogens (tertiary/aromatic N) is 1. The second-order valence-electron chi connectivity index (χ2n) is 8.97. The Morgan fingerprint density at radius 1 is 0.917 bits per heavy atom. The molecule has 3 aromatic carbocycles. The van der Waals surface area contributed by atoms with E-state index >= 15 is 0 Å². The van der Waals surface area contributed by atoms with E-state index in [1.807, 2.05) is 26.0 Å². The summed E-state index contributed by atoms with van der Waals surface area (Å²) in [5.74, 6) is 1.07. The molecule has 0 aliphatic rings. The average Bonchev–Trinajstić information content (AvgIpc) is 2.87. The first-order valence-electron chi connectivity index (χ1n) is 11.8. The zero-order chi connectivity index (χ0) is 26.5. The molecule has 0 spiro atoms. The number of nitrogens with one attached hydrogen (secondary N) is 1. The summed E-state index contributed by atoms with van der Waals surface area (Å²) in [6, 6.07) is 18.7. The lowest BCUT2D eigenvalue weighted by atomic mass is 10.0. The Hall–Kier alpha value is -3.52. The van der Waals surface area contributed by atoms with E-state index < -0.39 is 22.0 Å². The Bertz CT molecular complexity index is 1290. The molecule has 0 saturated heterocycles. The van der Waals surface area contributed by atoms with Crippen LogP contribution in [0, 0.1) is 6.92 Å². The molecule has 1 amide bonds. The summed E-state index contributed by atoms with van der Waals surface area (Å²) in [7, 11) is -0.880. The molecule has 0 saturated carbocycles. The van der Waals surface area contributed by atoms with E-state index in [0.717, 1.165) is 21.0 Å². The average molecular weight is 511 g/mol. The molecule has 8 heteroatoms. The number of aryl methyl sites for hydroxylation is 1. The quantitative estimate of drug-likeness (QED) is 0.405. The maximum Gasteiger partial charge on any atom is 0.264 e. The molecule has 36 heavy (non-hydrogen) atoms. The molecule has 0 bridgehead atoms. The molecule has 192 valence electrons. The summed E-state index contributed by atoms with van der Waals surface area (Å²) in [6.07, 6.45) is 0. The summed E-state index contributed by atoms with van der Waals surface area (Å²) in [5, 5.41) is 2.90. The summed E-state index contributed by atoms with van der Waals surface area (Å²) in [5.41, 5.74) is 3.16. The maximum atomic E-state index is 13.6. The molecule has 0 unspecified atom stereocenters. The van der Waals surface area contributed by atoms with Crippen molar-refractivity contribution in [1.29, 1.82) is 0 Å². The van der Waals surface area contributed by atoms with Crippen molar-refractivity contribution >= 4 is 21.6 Å². The van der Waals surface area contributed by atoms with Gasteiger partial charge in [-0.2, -0.15) is 0 Å². The monoisotopic (exact) mass is 510 g/mol. The van der Waals surface area contributed by atoms with Gasteiger partial charge < -0.3 is 14.8 Å². The molecule has 0 aromatic heterocycles. The zero-order valence-corrected chi connectivity index (χ0v) is 22.4. The van der Waals surface area contributed by atoms with Crippen LogP contribution in [-0.4, -0.2) is 35.1 Å². The standard InChI is InChI=1S/C28H34N2O5S/c1-19(2)22-9-11-23(12-10-22)30(36(32,33)25-14-7-20(3)8-15-25)18-28(31)29-21(4)26-17-24(34-5)13-16-27(26)35-6/h7-17,19,21H,18H2,1-6H3,(H,29,31)/t21-/m0/s1. The molecular formula is C28H34N2O5S. The molecule has 3 aromatic rings. The highest BCUT2D eigenvalue weighted by Gasteiger charge is 2.28. The van der Waals surface area contributed by atoms with E-state index in [-0.39, 0.29) is 11.4 Å². The van der Waals surface area contributed by atoms with Crippen LogP contribution in [0.2, 0.25) is 0 Å². The fourth-order valence-electron chi connectivity index (χ4n) is 3.85. The van der Waals surface area contributed by atoms with Gasteiger partial charge in [-0.3, -0.25) is 9.10 Å². The molecule has 0 aliphatic carbocycles. The van der Waals surface area contributed by atoms with Gasteiger partial charge in [-0.15, -0.1) is 0 Å². The third kappa shape index (κ3) is 6.18. The number of amides is 1. The smallest absolute Gasteiger partial charge is 0.264 e. The molecule has 1 atom stereocenters. The van der Waals surface area contributed by atoms with Gasteiger partial charge in [0.2, 0.25) is 5.91 Å². The first kappa shape index (κ1) is 27.1. The molecule has 7 nitrogen and oxygen atoms in total. The number of methoxy groups -OCH3 is 2. The minimum absolute atomic E-state index is 0.122. The number of sulfonamides is 1. The van der Waals surface area contributed by atoms with Crippen molar-refractivity contribution in [3.8, 4) is 11.5 Å². The minimum Gasteiger partial charge on any atom is -0.497 e. The van der Waals surface area contributed by atoms with Crippen molar-refractivity contribution in [2.45, 2.75) is 44.6 Å². The summed E-state index contributed by atoms with van der Waals surface area (Å²) >= 11 is 0. The van der Waals surface area contributed by atoms with Gasteiger partial charge in [-0.1, -0.05) is 43.7 Å². The van der Waals surface area contributed by atoms with Gasteiger partial charge in [0.25, 0.3) is 10.0 Å². The Morgan fingerprint density at radius 3 is 2.11 bits per heavy atom. The Morgan fingerprint density at radius 2 is 1.56 bits per heavy atom. The Kier molecular flexibility index (Phi) is 8.63. The van der Waals surface area contributed by atoms with E-state index in [1.54, 1.807) is 68.8 Å². The van der Waals surface area contributed by atoms with Gasteiger partial charge in [0.1, 0.15) is 18.0 Å². The predicted octanol–water partition coefficient (Wildman–Crippen LogP) is 5.21. The minimum atomic E-state index is -4.00. The van der Waals surface area contributed by atoms with Crippen molar-refractivity contribution in [3.63, 3.8) is 0 Å². The lowest BCUT2D eigenvalue weighted by molar-refractivity contribution is -0.120. The van der Waals surface area contributed by atoms with Crippen LogP contribution < -0.4 is 19.1 Å². The summed E-state index contributed by atoms with van der Waals surface area (Å²) in [6.45, 7) is 7.45.